The number of carbonyl (C=O) groups is 3. The van der Waals surface area contributed by atoms with Crippen molar-refractivity contribution in [1.82, 2.24) is 20.0 Å². The van der Waals surface area contributed by atoms with Crippen molar-refractivity contribution in [2.75, 3.05) is 31.1 Å². The predicted octanol–water partition coefficient (Wildman–Crippen LogP) is 2.07. The van der Waals surface area contributed by atoms with Crippen molar-refractivity contribution in [3.05, 3.63) is 35.4 Å². The van der Waals surface area contributed by atoms with Crippen LogP contribution in [0, 0.1) is 0 Å². The molecule has 0 atom stereocenters. The van der Waals surface area contributed by atoms with Crippen LogP contribution in [0.2, 0.25) is 5.02 Å². The maximum Gasteiger partial charge on any atom is 0.240 e. The topological polar surface area (TPSA) is 87.5 Å². The SMILES string of the molecule is O=C(CN1C(=O)CCn2nc(-c3cccc(Cl)c3)cc21)NCCCN1CCCC1=O. The number of anilines is 1. The quantitative estimate of drug-likeness (QED) is 0.682. The number of carbonyl (C=O) groups excluding carboxylic acids is 3. The molecule has 0 saturated carbocycles. The van der Waals surface area contributed by atoms with E-state index in [1.165, 1.54) is 4.90 Å². The summed E-state index contributed by atoms with van der Waals surface area (Å²) in [5.74, 6) is 0.468. The molecular formula is C21H24ClN5O3. The van der Waals surface area contributed by atoms with E-state index in [4.69, 9.17) is 11.6 Å². The number of halogens is 1. The van der Waals surface area contributed by atoms with Gasteiger partial charge in [-0.05, 0) is 25.0 Å². The Kier molecular flexibility index (Phi) is 6.03. The van der Waals surface area contributed by atoms with E-state index in [0.29, 0.717) is 55.4 Å². The summed E-state index contributed by atoms with van der Waals surface area (Å²) in [5.41, 5.74) is 1.57. The molecule has 2 aliphatic rings. The Morgan fingerprint density at radius 1 is 1.13 bits per heavy atom. The lowest BCUT2D eigenvalue weighted by Crippen LogP contribution is -2.44. The number of nitrogens with zero attached hydrogens (tertiary/aromatic N) is 4. The van der Waals surface area contributed by atoms with Gasteiger partial charge in [0.15, 0.2) is 0 Å². The second kappa shape index (κ2) is 8.87. The molecule has 3 heterocycles. The first-order valence-electron chi connectivity index (χ1n) is 10.2. The molecule has 3 amide bonds. The number of hydrogen-bond acceptors (Lipinski definition) is 4. The van der Waals surface area contributed by atoms with Crippen LogP contribution in [0.15, 0.2) is 30.3 Å². The summed E-state index contributed by atoms with van der Waals surface area (Å²) in [7, 11) is 0. The fourth-order valence-corrected chi connectivity index (χ4v) is 4.04. The first kappa shape index (κ1) is 20.4. The average molecular weight is 430 g/mol. The van der Waals surface area contributed by atoms with E-state index in [-0.39, 0.29) is 24.3 Å². The van der Waals surface area contributed by atoms with Crippen LogP contribution in [0.1, 0.15) is 25.7 Å². The summed E-state index contributed by atoms with van der Waals surface area (Å²) in [4.78, 5) is 39.8. The molecule has 1 fully saturated rings. The second-order valence-electron chi connectivity index (χ2n) is 7.54. The van der Waals surface area contributed by atoms with Crippen LogP contribution in [-0.4, -0.2) is 58.6 Å². The van der Waals surface area contributed by atoms with Crippen LogP contribution < -0.4 is 10.2 Å². The number of fused-ring (bicyclic) bond motifs is 1. The first-order chi connectivity index (χ1) is 14.5. The third kappa shape index (κ3) is 4.48. The van der Waals surface area contributed by atoms with Gasteiger partial charge in [0.25, 0.3) is 0 Å². The van der Waals surface area contributed by atoms with Crippen molar-refractivity contribution in [3.8, 4) is 11.3 Å². The zero-order chi connectivity index (χ0) is 21.1. The maximum atomic E-state index is 12.5. The van der Waals surface area contributed by atoms with Crippen molar-refractivity contribution in [2.24, 2.45) is 0 Å². The van der Waals surface area contributed by atoms with E-state index in [0.717, 1.165) is 18.5 Å². The lowest BCUT2D eigenvalue weighted by Gasteiger charge is -2.27. The number of nitrogens with one attached hydrogen (secondary N) is 1. The monoisotopic (exact) mass is 429 g/mol. The van der Waals surface area contributed by atoms with Gasteiger partial charge in [-0.25, -0.2) is 4.68 Å². The van der Waals surface area contributed by atoms with Gasteiger partial charge in [-0.15, -0.1) is 0 Å². The highest BCUT2D eigenvalue weighted by Crippen LogP contribution is 2.29. The van der Waals surface area contributed by atoms with Crippen LogP contribution >= 0.6 is 11.6 Å². The fourth-order valence-electron chi connectivity index (χ4n) is 3.85. The van der Waals surface area contributed by atoms with Gasteiger partial charge < -0.3 is 10.2 Å². The highest BCUT2D eigenvalue weighted by atomic mass is 35.5. The number of aryl methyl sites for hydroxylation is 1. The van der Waals surface area contributed by atoms with Gasteiger partial charge in [-0.1, -0.05) is 23.7 Å². The molecule has 1 aromatic heterocycles. The molecule has 0 spiro atoms. The molecule has 8 nitrogen and oxygen atoms in total. The van der Waals surface area contributed by atoms with Gasteiger partial charge in [0.1, 0.15) is 12.4 Å². The Morgan fingerprint density at radius 2 is 2.00 bits per heavy atom. The van der Waals surface area contributed by atoms with Gasteiger partial charge >= 0.3 is 0 Å². The minimum absolute atomic E-state index is 0.0534. The zero-order valence-corrected chi connectivity index (χ0v) is 17.4. The van der Waals surface area contributed by atoms with Crippen LogP contribution in [-0.2, 0) is 20.9 Å². The smallest absolute Gasteiger partial charge is 0.240 e. The van der Waals surface area contributed by atoms with Crippen LogP contribution in [0.25, 0.3) is 11.3 Å². The normalized spacial score (nSPS) is 16.2. The van der Waals surface area contributed by atoms with E-state index < -0.39 is 0 Å². The Bertz CT molecular complexity index is 973. The summed E-state index contributed by atoms with van der Waals surface area (Å²) in [6.45, 7) is 2.35. The van der Waals surface area contributed by atoms with Gasteiger partial charge in [-0.3, -0.25) is 19.3 Å². The molecule has 2 aromatic rings. The van der Waals surface area contributed by atoms with Crippen molar-refractivity contribution >= 4 is 35.1 Å². The van der Waals surface area contributed by atoms with E-state index in [9.17, 15) is 14.4 Å². The number of aromatic nitrogens is 2. The van der Waals surface area contributed by atoms with E-state index in [1.54, 1.807) is 10.7 Å². The van der Waals surface area contributed by atoms with Crippen LogP contribution in [0.3, 0.4) is 0 Å². The molecule has 0 radical (unpaired) electrons. The summed E-state index contributed by atoms with van der Waals surface area (Å²) in [6, 6.07) is 9.18. The number of rotatable bonds is 7. The summed E-state index contributed by atoms with van der Waals surface area (Å²) in [6.07, 6.45) is 2.53. The average Bonchev–Trinajstić information content (AvgIpc) is 3.34. The molecule has 1 aromatic carbocycles. The minimum atomic E-state index is -0.227. The van der Waals surface area contributed by atoms with Crippen molar-refractivity contribution < 1.29 is 14.4 Å². The first-order valence-corrected chi connectivity index (χ1v) is 10.6. The largest absolute Gasteiger partial charge is 0.354 e. The summed E-state index contributed by atoms with van der Waals surface area (Å²) >= 11 is 6.08. The Morgan fingerprint density at radius 3 is 2.77 bits per heavy atom. The standard InChI is InChI=1S/C21H24ClN5O3/c22-16-5-1-4-15(12-16)17-13-19-26(21(30)7-11-27(19)24-17)14-18(28)23-8-3-10-25-9-2-6-20(25)29/h1,4-5,12-13H,2-3,6-11,14H2,(H,23,28). The Balaban J connectivity index is 1.36. The molecule has 0 unspecified atom stereocenters. The number of hydrogen-bond donors (Lipinski definition) is 1. The van der Waals surface area contributed by atoms with E-state index >= 15 is 0 Å². The number of likely N-dealkylation sites (tertiary alicyclic amines) is 1. The summed E-state index contributed by atoms with van der Waals surface area (Å²) in [5, 5.41) is 8.04. The molecule has 0 bridgehead atoms. The van der Waals surface area contributed by atoms with Crippen LogP contribution in [0.5, 0.6) is 0 Å². The highest BCUT2D eigenvalue weighted by molar-refractivity contribution is 6.30. The van der Waals surface area contributed by atoms with Gasteiger partial charge in [0, 0.05) is 49.1 Å². The lowest BCUT2D eigenvalue weighted by atomic mass is 10.1. The van der Waals surface area contributed by atoms with Gasteiger partial charge in [0.2, 0.25) is 17.7 Å². The van der Waals surface area contributed by atoms with Crippen molar-refractivity contribution in [1.29, 1.82) is 0 Å². The molecule has 0 aliphatic carbocycles. The highest BCUT2D eigenvalue weighted by Gasteiger charge is 2.28. The van der Waals surface area contributed by atoms with E-state index in [2.05, 4.69) is 10.4 Å². The third-order valence-electron chi connectivity index (χ3n) is 5.39. The minimum Gasteiger partial charge on any atom is -0.354 e. The molecule has 4 rings (SSSR count). The van der Waals surface area contributed by atoms with Gasteiger partial charge in [-0.2, -0.15) is 5.10 Å². The molecule has 158 valence electrons. The van der Waals surface area contributed by atoms with E-state index in [1.807, 2.05) is 29.2 Å². The van der Waals surface area contributed by atoms with Crippen molar-refractivity contribution in [3.63, 3.8) is 0 Å². The third-order valence-corrected chi connectivity index (χ3v) is 5.63. The zero-order valence-electron chi connectivity index (χ0n) is 16.6. The molecule has 1 N–H and O–H groups in total. The fraction of sp³-hybridized carbons (Fsp3) is 0.429. The molecular weight excluding hydrogens is 406 g/mol. The Hall–Kier alpha value is -2.87. The number of benzene rings is 1. The predicted molar refractivity (Wildman–Crippen MR) is 113 cm³/mol. The number of amides is 3. The second-order valence-corrected chi connectivity index (χ2v) is 7.98. The molecule has 9 heteroatoms. The lowest BCUT2D eigenvalue weighted by molar-refractivity contribution is -0.127. The van der Waals surface area contributed by atoms with Crippen LogP contribution in [0.4, 0.5) is 5.82 Å². The molecule has 30 heavy (non-hydrogen) atoms. The summed E-state index contributed by atoms with van der Waals surface area (Å²) < 4.78 is 1.75. The maximum absolute atomic E-state index is 12.5. The Labute approximate surface area is 179 Å². The molecule has 1 saturated heterocycles. The van der Waals surface area contributed by atoms with Crippen molar-refractivity contribution in [2.45, 2.75) is 32.2 Å². The molecule has 2 aliphatic heterocycles. The van der Waals surface area contributed by atoms with Gasteiger partial charge in [0.05, 0.1) is 12.2 Å².